The van der Waals surface area contributed by atoms with Gasteiger partial charge in [0.05, 0.1) is 52.4 Å². The lowest BCUT2D eigenvalue weighted by Gasteiger charge is -2.32. The minimum absolute atomic E-state index is 0.0783. The predicted molar refractivity (Wildman–Crippen MR) is 281 cm³/mol. The minimum atomic E-state index is -0.983. The third-order valence-electron chi connectivity index (χ3n) is 14.3. The van der Waals surface area contributed by atoms with Crippen molar-refractivity contribution < 1.29 is 29.1 Å². The zero-order valence-corrected chi connectivity index (χ0v) is 43.4. The average molecular weight is 1030 g/mol. The number of pyridine rings is 6. The molecule has 0 aliphatic carbocycles. The zero-order chi connectivity index (χ0) is 52.8. The van der Waals surface area contributed by atoms with Gasteiger partial charge in [0, 0.05) is 49.6 Å². The number of nitrogens with zero attached hydrogens (tertiary/aromatic N) is 14. The molecule has 11 rings (SSSR count). The summed E-state index contributed by atoms with van der Waals surface area (Å²) in [6, 6.07) is 11.5. The number of anilines is 2. The van der Waals surface area contributed by atoms with Gasteiger partial charge in [-0.1, -0.05) is 28.1 Å². The van der Waals surface area contributed by atoms with E-state index in [0.29, 0.717) is 59.5 Å². The first-order valence-corrected chi connectivity index (χ1v) is 25.0. The Balaban J connectivity index is 0.000000143. The summed E-state index contributed by atoms with van der Waals surface area (Å²) in [6.45, 7) is 17.2. The minimum Gasteiger partial charge on any atom is -0.399 e. The van der Waals surface area contributed by atoms with Crippen molar-refractivity contribution in [3.63, 3.8) is 0 Å². The van der Waals surface area contributed by atoms with E-state index in [1.54, 1.807) is 40.7 Å². The number of piperidine rings is 2. The van der Waals surface area contributed by atoms with Crippen LogP contribution in [0.25, 0.3) is 55.4 Å². The van der Waals surface area contributed by atoms with Crippen LogP contribution in [-0.2, 0) is 18.9 Å². The molecule has 24 heteroatoms. The van der Waals surface area contributed by atoms with Crippen molar-refractivity contribution in [2.45, 2.75) is 117 Å². The number of rotatable bonds is 6. The molecule has 22 nitrogen and oxygen atoms in total. The number of aliphatic hydroxyl groups is 2. The van der Waals surface area contributed by atoms with E-state index < -0.39 is 12.2 Å². The van der Waals surface area contributed by atoms with Crippen molar-refractivity contribution in [1.82, 2.24) is 69.7 Å². The van der Waals surface area contributed by atoms with Gasteiger partial charge in [0.2, 0.25) is 0 Å². The van der Waals surface area contributed by atoms with E-state index in [4.69, 9.17) is 37.4 Å². The number of aliphatic hydroxyl groups excluding tert-OH is 2. The van der Waals surface area contributed by atoms with Gasteiger partial charge >= 0.3 is 7.12 Å². The van der Waals surface area contributed by atoms with Gasteiger partial charge in [0.15, 0.2) is 0 Å². The lowest BCUT2D eigenvalue weighted by Crippen LogP contribution is -2.43. The number of halogens is 1. The molecule has 8 aromatic heterocycles. The molecule has 3 fully saturated rings. The molecule has 11 heterocycles. The fourth-order valence-electron chi connectivity index (χ4n) is 9.25. The van der Waals surface area contributed by atoms with Gasteiger partial charge in [-0.05, 0) is 123 Å². The predicted octanol–water partition coefficient (Wildman–Crippen LogP) is 4.72. The standard InChI is InChI=1S/C22H24N8O2.C16H17ClN6O2.C12H19BN2O2/c1-12-9-14(10-25-21(12)23)16-3-4-17-19(26-16)20-18(11-24-17)27-28-30(20)15-5-7-29(8-6-15)22(32)13(2)31;1-9(24)16(25)22-6-4-10(5-7-22)23-15-12(20-21-23)8-18-11-2-3-13(17)19-14(11)15;1-8-6-9(7-15-10(8)14)13-16-11(2,3)12(4,5)17-13/h3-4,9-11,13,15,31H,5-8H2,1-2H3,(H2,23,25);2-3,8-10,24H,4-7H2,1H3;6-7H,1-5H3,(H2,14,15)/t13-;9-;/m00./s1. The van der Waals surface area contributed by atoms with Crippen LogP contribution < -0.4 is 16.9 Å². The van der Waals surface area contributed by atoms with Gasteiger partial charge in [-0.3, -0.25) is 19.6 Å². The first-order valence-electron chi connectivity index (χ1n) is 24.6. The number of carbonyl (C=O) groups is 2. The number of aromatic nitrogens is 12. The molecule has 3 aliphatic heterocycles. The van der Waals surface area contributed by atoms with Gasteiger partial charge in [-0.15, -0.1) is 10.2 Å². The molecule has 3 saturated heterocycles. The number of aryl methyl sites for hydroxylation is 2. The van der Waals surface area contributed by atoms with Crippen molar-refractivity contribution in [2.75, 3.05) is 37.6 Å². The highest BCUT2D eigenvalue weighted by Gasteiger charge is 2.52. The van der Waals surface area contributed by atoms with Gasteiger partial charge in [-0.2, -0.15) is 0 Å². The van der Waals surface area contributed by atoms with E-state index in [1.165, 1.54) is 13.8 Å². The van der Waals surface area contributed by atoms with E-state index in [2.05, 4.69) is 45.5 Å². The molecule has 0 spiro atoms. The monoisotopic (exact) mass is 1030 g/mol. The molecule has 8 aromatic rings. The van der Waals surface area contributed by atoms with Gasteiger partial charge in [0.1, 0.15) is 62.1 Å². The van der Waals surface area contributed by atoms with E-state index in [1.807, 2.05) is 81.2 Å². The van der Waals surface area contributed by atoms with Crippen LogP contribution in [0.4, 0.5) is 11.6 Å². The van der Waals surface area contributed by atoms with Crippen molar-refractivity contribution in [3.05, 3.63) is 77.5 Å². The molecule has 0 bridgehead atoms. The van der Waals surface area contributed by atoms with Crippen LogP contribution in [0.2, 0.25) is 5.15 Å². The van der Waals surface area contributed by atoms with E-state index in [0.717, 1.165) is 81.1 Å². The Kier molecular flexibility index (Phi) is 14.5. The zero-order valence-electron chi connectivity index (χ0n) is 42.6. The Morgan fingerprint density at radius 2 is 1.12 bits per heavy atom. The van der Waals surface area contributed by atoms with Crippen molar-refractivity contribution in [2.24, 2.45) is 0 Å². The fourth-order valence-corrected chi connectivity index (χ4v) is 9.39. The Labute approximate surface area is 432 Å². The Hall–Kier alpha value is -7.05. The number of nitrogen functional groups attached to an aromatic ring is 2. The summed E-state index contributed by atoms with van der Waals surface area (Å²) in [5.41, 5.74) is 21.2. The number of hydrogen-bond acceptors (Lipinski definition) is 18. The quantitative estimate of drug-likeness (QED) is 0.129. The van der Waals surface area contributed by atoms with Gasteiger partial charge in [0.25, 0.3) is 11.8 Å². The summed E-state index contributed by atoms with van der Waals surface area (Å²) in [6.07, 6.45) is 7.80. The van der Waals surface area contributed by atoms with Gasteiger partial charge in [-0.25, -0.2) is 29.3 Å². The van der Waals surface area contributed by atoms with Crippen molar-refractivity contribution in [3.8, 4) is 11.3 Å². The molecule has 2 atom stereocenters. The highest BCUT2D eigenvalue weighted by Crippen LogP contribution is 2.37. The molecule has 74 heavy (non-hydrogen) atoms. The molecule has 2 amide bonds. The Morgan fingerprint density at radius 1 is 0.662 bits per heavy atom. The SMILES string of the molecule is C[C@H](O)C(=O)N1CCC(n2nnc3cnc4ccc(Cl)nc4c32)CC1.Cc1cc(-c2ccc3ncc4nnn(C5CCN(C(=O)[C@H](C)O)CC5)c4c3n2)cnc1N.Cc1cc(B2OC(C)(C)C(C)(C)O2)cnc1N. The summed E-state index contributed by atoms with van der Waals surface area (Å²) >= 11 is 6.05. The smallest absolute Gasteiger partial charge is 0.399 e. The van der Waals surface area contributed by atoms with E-state index in [-0.39, 0.29) is 42.2 Å². The van der Waals surface area contributed by atoms with E-state index >= 15 is 0 Å². The molecule has 0 aromatic carbocycles. The number of carbonyl (C=O) groups excluding carboxylic acids is 2. The van der Waals surface area contributed by atoms with Crippen LogP contribution in [0, 0.1) is 13.8 Å². The third kappa shape index (κ3) is 10.4. The highest BCUT2D eigenvalue weighted by molar-refractivity contribution is 6.62. The third-order valence-corrected chi connectivity index (χ3v) is 14.5. The van der Waals surface area contributed by atoms with Crippen LogP contribution >= 0.6 is 11.6 Å². The van der Waals surface area contributed by atoms with Gasteiger partial charge < -0.3 is 40.8 Å². The van der Waals surface area contributed by atoms with Crippen LogP contribution in [0.15, 0.2) is 61.2 Å². The summed E-state index contributed by atoms with van der Waals surface area (Å²) in [5, 5.41) is 36.7. The van der Waals surface area contributed by atoms with Crippen LogP contribution in [0.1, 0.15) is 90.4 Å². The lowest BCUT2D eigenvalue weighted by atomic mass is 9.80. The molecule has 386 valence electrons. The fraction of sp³-hybridized carbons (Fsp3) is 0.440. The number of likely N-dealkylation sites (tertiary alicyclic amines) is 2. The molecule has 0 saturated carbocycles. The normalized spacial score (nSPS) is 17.8. The summed E-state index contributed by atoms with van der Waals surface area (Å²) in [7, 11) is -0.369. The molecule has 6 N–H and O–H groups in total. The topological polar surface area (TPSA) is 290 Å². The Bertz CT molecular complexity index is 3370. The number of hydrogen-bond donors (Lipinski definition) is 4. The average Bonchev–Trinajstić information content (AvgIpc) is 4.09. The van der Waals surface area contributed by atoms with Crippen molar-refractivity contribution >= 4 is 91.8 Å². The summed E-state index contributed by atoms with van der Waals surface area (Å²) < 4.78 is 15.7. The summed E-state index contributed by atoms with van der Waals surface area (Å²) in [5.74, 6) is 0.580. The lowest BCUT2D eigenvalue weighted by molar-refractivity contribution is -0.141. The molecular weight excluding hydrogens is 967 g/mol. The molecule has 3 aliphatic rings. The molecular formula is C50H60BClN16O6. The Morgan fingerprint density at radius 3 is 1.59 bits per heavy atom. The largest absolute Gasteiger partial charge is 0.496 e. The maximum absolute atomic E-state index is 12.1. The molecule has 0 unspecified atom stereocenters. The second-order valence-electron chi connectivity index (χ2n) is 20.1. The second kappa shape index (κ2) is 20.7. The number of fused-ring (bicyclic) bond motifs is 6. The molecule has 0 radical (unpaired) electrons. The van der Waals surface area contributed by atoms with Crippen LogP contribution in [0.5, 0.6) is 0 Å². The number of amides is 2. The number of nitrogens with two attached hydrogens (primary N) is 2. The first kappa shape index (κ1) is 51.8. The second-order valence-corrected chi connectivity index (χ2v) is 20.5. The first-order chi connectivity index (χ1) is 35.2. The van der Waals surface area contributed by atoms with Crippen LogP contribution in [0.3, 0.4) is 0 Å². The maximum atomic E-state index is 12.1. The summed E-state index contributed by atoms with van der Waals surface area (Å²) in [4.78, 5) is 54.0. The highest BCUT2D eigenvalue weighted by atomic mass is 35.5. The van der Waals surface area contributed by atoms with E-state index in [9.17, 15) is 19.8 Å². The van der Waals surface area contributed by atoms with Crippen LogP contribution in [-0.4, -0.2) is 148 Å². The van der Waals surface area contributed by atoms with Crippen molar-refractivity contribution in [1.29, 1.82) is 0 Å². The maximum Gasteiger partial charge on any atom is 0.496 e.